The Morgan fingerprint density at radius 3 is 2.35 bits per heavy atom. The quantitative estimate of drug-likeness (QED) is 0.233. The summed E-state index contributed by atoms with van der Waals surface area (Å²) in [6.07, 6.45) is 0.277. The van der Waals surface area contributed by atoms with Crippen LogP contribution in [0.5, 0.6) is 0 Å². The molecule has 0 fully saturated rings. The molecule has 9 nitrogen and oxygen atoms in total. The van der Waals surface area contributed by atoms with Crippen LogP contribution in [0.25, 0.3) is 0 Å². The first-order valence-electron chi connectivity index (χ1n) is 12.6. The fourth-order valence-electron chi connectivity index (χ4n) is 4.30. The summed E-state index contributed by atoms with van der Waals surface area (Å²) in [5.74, 6) is -1.52. The third-order valence-electron chi connectivity index (χ3n) is 6.70. The highest BCUT2D eigenvalue weighted by Gasteiger charge is 2.34. The monoisotopic (exact) mass is 670 g/mol. The number of hydrogen-bond donors (Lipinski definition) is 1. The lowest BCUT2D eigenvalue weighted by atomic mass is 10.1. The number of benzene rings is 2. The van der Waals surface area contributed by atoms with Crippen molar-refractivity contribution in [3.8, 4) is 0 Å². The minimum atomic E-state index is -3.93. The first-order chi connectivity index (χ1) is 20.2. The summed E-state index contributed by atoms with van der Waals surface area (Å²) in [5.41, 5.74) is -0.861. The number of nitrogens with zero attached hydrogens (tertiary/aromatic N) is 3. The molecular weight excluding hydrogens is 649 g/mol. The summed E-state index contributed by atoms with van der Waals surface area (Å²) in [4.78, 5) is 68.4. The van der Waals surface area contributed by atoms with Gasteiger partial charge in [-0.1, -0.05) is 47.1 Å². The van der Waals surface area contributed by atoms with Crippen molar-refractivity contribution < 1.29 is 28.0 Å². The minimum absolute atomic E-state index is 0.000216. The average molecular weight is 672 g/mol. The molecule has 4 amide bonds. The van der Waals surface area contributed by atoms with Crippen LogP contribution < -0.4 is 10.5 Å². The predicted molar refractivity (Wildman–Crippen MR) is 159 cm³/mol. The van der Waals surface area contributed by atoms with Crippen molar-refractivity contribution in [2.45, 2.75) is 41.6 Å². The summed E-state index contributed by atoms with van der Waals surface area (Å²) < 4.78 is 28.0. The molecule has 0 radical (unpaired) electrons. The van der Waals surface area contributed by atoms with E-state index in [2.05, 4.69) is 0 Å². The zero-order valence-corrected chi connectivity index (χ0v) is 25.7. The van der Waals surface area contributed by atoms with Gasteiger partial charge in [0, 0.05) is 49.8 Å². The van der Waals surface area contributed by atoms with Crippen LogP contribution in [-0.4, -0.2) is 52.5 Å². The molecule has 0 unspecified atom stereocenters. The summed E-state index contributed by atoms with van der Waals surface area (Å²) in [6, 6.07) is 10.3. The Balaban J connectivity index is 1.63. The Labute approximate surface area is 263 Å². The normalized spacial score (nSPS) is 12.6. The van der Waals surface area contributed by atoms with Crippen LogP contribution in [0.1, 0.15) is 40.5 Å². The lowest BCUT2D eigenvalue weighted by molar-refractivity contribution is -0.128. The van der Waals surface area contributed by atoms with Crippen molar-refractivity contribution in [2.75, 3.05) is 18.5 Å². The zero-order valence-electron chi connectivity index (χ0n) is 22.6. The van der Waals surface area contributed by atoms with Gasteiger partial charge in [-0.25, -0.2) is 0 Å². The smallest absolute Gasteiger partial charge is 0.345 e. The zero-order chi connectivity index (χ0) is 31.6. The topological polar surface area (TPSA) is 111 Å². The van der Waals surface area contributed by atoms with Gasteiger partial charge in [0.2, 0.25) is 18.2 Å². The van der Waals surface area contributed by atoms with Crippen molar-refractivity contribution in [3.63, 3.8) is 0 Å². The highest BCUT2D eigenvalue weighted by atomic mass is 35.5. The van der Waals surface area contributed by atoms with Gasteiger partial charge in [0.15, 0.2) is 0 Å². The highest BCUT2D eigenvalue weighted by molar-refractivity contribution is 7.99. The number of amides is 4. The maximum absolute atomic E-state index is 14.0. The number of aromatic nitrogens is 1. The first kappa shape index (κ1) is 32.5. The van der Waals surface area contributed by atoms with Crippen molar-refractivity contribution in [1.29, 1.82) is 0 Å². The van der Waals surface area contributed by atoms with Gasteiger partial charge < -0.3 is 14.8 Å². The van der Waals surface area contributed by atoms with Gasteiger partial charge in [-0.15, -0.1) is 0 Å². The van der Waals surface area contributed by atoms with Gasteiger partial charge in [0.25, 0.3) is 11.5 Å². The number of rotatable bonds is 9. The SMILES string of the molecule is CC(=O)N(C)CCC(=O)N(C=O)c1ccc2c(c1)CN(C(=O)c1c(Sc3c(Cl)cccc3Cl)cc(C(F)(F)Cl)[nH]c1=O)C2. The standard InChI is InChI=1S/C28H23Cl3F2N4O5S/c1-15(39)35(2)9-8-23(40)37(14-38)18-7-6-16-12-36(13-17(16)10-18)27(42)24-21(11-22(28(31,32)33)34-26(24)41)43-25-19(29)4-3-5-20(25)30/h3-7,10-11,14H,8-9,12-13H2,1-2H3,(H,34,41). The van der Waals surface area contributed by atoms with Crippen LogP contribution in [0.15, 0.2) is 57.1 Å². The largest absolute Gasteiger partial charge is 0.362 e. The van der Waals surface area contributed by atoms with E-state index in [0.717, 1.165) is 22.7 Å². The Morgan fingerprint density at radius 1 is 1.09 bits per heavy atom. The number of carbonyl (C=O) groups is 4. The number of fused-ring (bicyclic) bond motifs is 1. The molecule has 226 valence electrons. The Hall–Kier alpha value is -3.45. The van der Waals surface area contributed by atoms with E-state index in [9.17, 15) is 32.8 Å². The minimum Gasteiger partial charge on any atom is -0.345 e. The van der Waals surface area contributed by atoms with E-state index < -0.39 is 34.0 Å². The molecular formula is C28H23Cl3F2N4O5S. The Kier molecular flexibility index (Phi) is 9.85. The van der Waals surface area contributed by atoms with Crippen LogP contribution in [0.2, 0.25) is 10.0 Å². The fourth-order valence-corrected chi connectivity index (χ4v) is 6.04. The number of H-pyrrole nitrogens is 1. The van der Waals surface area contributed by atoms with E-state index in [0.29, 0.717) is 17.5 Å². The van der Waals surface area contributed by atoms with Crippen molar-refractivity contribution in [2.24, 2.45) is 0 Å². The maximum atomic E-state index is 14.0. The second kappa shape index (κ2) is 13.0. The fraction of sp³-hybridized carbons (Fsp3) is 0.250. The number of carbonyl (C=O) groups excluding carboxylic acids is 4. The molecule has 1 aromatic heterocycles. The van der Waals surface area contributed by atoms with Crippen LogP contribution in [0.4, 0.5) is 14.5 Å². The Bertz CT molecular complexity index is 1660. The van der Waals surface area contributed by atoms with E-state index in [1.807, 2.05) is 4.98 Å². The third kappa shape index (κ3) is 7.20. The second-order valence-electron chi connectivity index (χ2n) is 9.58. The third-order valence-corrected chi connectivity index (χ3v) is 8.94. The Morgan fingerprint density at radius 2 is 1.74 bits per heavy atom. The molecule has 4 rings (SSSR count). The molecule has 1 aliphatic heterocycles. The molecule has 2 heterocycles. The van der Waals surface area contributed by atoms with Gasteiger partial charge in [0.1, 0.15) is 11.3 Å². The molecule has 43 heavy (non-hydrogen) atoms. The number of imide groups is 1. The van der Waals surface area contributed by atoms with Crippen LogP contribution >= 0.6 is 46.6 Å². The predicted octanol–water partition coefficient (Wildman–Crippen LogP) is 5.63. The maximum Gasteiger partial charge on any atom is 0.362 e. The number of alkyl halides is 3. The molecule has 0 bridgehead atoms. The molecule has 1 aliphatic rings. The summed E-state index contributed by atoms with van der Waals surface area (Å²) in [6.45, 7) is 1.55. The number of pyridine rings is 1. The van der Waals surface area contributed by atoms with Gasteiger partial charge in [0.05, 0.1) is 15.7 Å². The number of nitrogens with one attached hydrogen (secondary N) is 1. The van der Waals surface area contributed by atoms with E-state index in [1.54, 1.807) is 24.3 Å². The number of anilines is 1. The number of aromatic amines is 1. The van der Waals surface area contributed by atoms with Crippen LogP contribution in [0, 0.1) is 0 Å². The van der Waals surface area contributed by atoms with E-state index in [-0.39, 0.29) is 57.5 Å². The average Bonchev–Trinajstić information content (AvgIpc) is 3.37. The van der Waals surface area contributed by atoms with E-state index in [1.165, 1.54) is 35.9 Å². The molecule has 0 atom stereocenters. The van der Waals surface area contributed by atoms with Crippen LogP contribution in [0.3, 0.4) is 0 Å². The summed E-state index contributed by atoms with van der Waals surface area (Å²) in [5, 5.41) is -3.57. The van der Waals surface area contributed by atoms with Gasteiger partial charge >= 0.3 is 5.38 Å². The molecule has 0 saturated carbocycles. The number of halogens is 5. The molecule has 1 N–H and O–H groups in total. The van der Waals surface area contributed by atoms with Gasteiger partial charge in [-0.3, -0.25) is 28.9 Å². The van der Waals surface area contributed by atoms with Crippen molar-refractivity contribution >= 4 is 76.4 Å². The van der Waals surface area contributed by atoms with Crippen molar-refractivity contribution in [1.82, 2.24) is 14.8 Å². The first-order valence-corrected chi connectivity index (χ1v) is 14.5. The summed E-state index contributed by atoms with van der Waals surface area (Å²) >= 11 is 18.5. The summed E-state index contributed by atoms with van der Waals surface area (Å²) in [7, 11) is 1.54. The molecule has 3 aromatic rings. The van der Waals surface area contributed by atoms with E-state index in [4.69, 9.17) is 34.8 Å². The van der Waals surface area contributed by atoms with Crippen molar-refractivity contribution in [3.05, 3.63) is 85.2 Å². The van der Waals surface area contributed by atoms with Crippen LogP contribution in [-0.2, 0) is 32.9 Å². The van der Waals surface area contributed by atoms with Gasteiger partial charge in [-0.2, -0.15) is 8.78 Å². The molecule has 15 heteroatoms. The molecule has 2 aromatic carbocycles. The number of hydrogen-bond acceptors (Lipinski definition) is 6. The lowest BCUT2D eigenvalue weighted by Crippen LogP contribution is -2.34. The molecule has 0 spiro atoms. The van der Waals surface area contributed by atoms with Gasteiger partial charge in [-0.05, 0) is 53.1 Å². The second-order valence-corrected chi connectivity index (χ2v) is 11.9. The molecule has 0 saturated heterocycles. The molecule has 0 aliphatic carbocycles. The highest BCUT2D eigenvalue weighted by Crippen LogP contribution is 2.42. The van der Waals surface area contributed by atoms with E-state index >= 15 is 0 Å². The lowest BCUT2D eigenvalue weighted by Gasteiger charge is -2.19.